The summed E-state index contributed by atoms with van der Waals surface area (Å²) in [5.41, 5.74) is 5.16. The van der Waals surface area contributed by atoms with Crippen molar-refractivity contribution in [3.05, 3.63) is 58.3 Å². The van der Waals surface area contributed by atoms with Crippen molar-refractivity contribution in [2.24, 2.45) is 0 Å². The van der Waals surface area contributed by atoms with Crippen LogP contribution in [0.3, 0.4) is 0 Å². The van der Waals surface area contributed by atoms with E-state index in [1.807, 2.05) is 30.3 Å². The average molecular weight is 446 g/mol. The lowest BCUT2D eigenvalue weighted by molar-refractivity contribution is -0.146. The topological polar surface area (TPSA) is 89.3 Å². The summed E-state index contributed by atoms with van der Waals surface area (Å²) >= 11 is 0. The maximum atomic E-state index is 12.6. The van der Waals surface area contributed by atoms with Gasteiger partial charge in [0.25, 0.3) is 0 Å². The van der Waals surface area contributed by atoms with Gasteiger partial charge in [-0.05, 0) is 48.3 Å². The minimum absolute atomic E-state index is 0.291. The van der Waals surface area contributed by atoms with E-state index < -0.39 is 11.8 Å². The number of nitriles is 1. The molecule has 7 heteroatoms. The highest BCUT2D eigenvalue weighted by atomic mass is 16.2. The third kappa shape index (κ3) is 4.85. The first-order valence-corrected chi connectivity index (χ1v) is 11.8. The molecule has 0 saturated carbocycles. The molecule has 1 fully saturated rings. The minimum Gasteiger partial charge on any atom is -0.352 e. The second-order valence-corrected chi connectivity index (χ2v) is 9.07. The number of nitrogens with one attached hydrogen (secondary N) is 1. The molecular weight excluding hydrogens is 414 g/mol. The summed E-state index contributed by atoms with van der Waals surface area (Å²) in [4.78, 5) is 33.7. The molecule has 1 saturated heterocycles. The van der Waals surface area contributed by atoms with Crippen LogP contribution in [0, 0.1) is 11.3 Å². The van der Waals surface area contributed by atoms with E-state index in [9.17, 15) is 14.9 Å². The van der Waals surface area contributed by atoms with Crippen LogP contribution >= 0.6 is 0 Å². The summed E-state index contributed by atoms with van der Waals surface area (Å²) in [6.45, 7) is 6.59. The molecule has 2 aliphatic rings. The first-order valence-electron chi connectivity index (χ1n) is 11.8. The molecule has 1 aliphatic carbocycles. The zero-order valence-corrected chi connectivity index (χ0v) is 19.4. The number of carbonyl (C=O) groups excluding carboxylic acids is 2. The lowest BCUT2D eigenvalue weighted by atomic mass is 9.85. The molecule has 0 unspecified atom stereocenters. The molecule has 0 bridgehead atoms. The van der Waals surface area contributed by atoms with E-state index in [2.05, 4.69) is 30.1 Å². The Morgan fingerprint density at radius 2 is 1.73 bits per heavy atom. The summed E-state index contributed by atoms with van der Waals surface area (Å²) in [5, 5.41) is 12.7. The predicted molar refractivity (Wildman–Crippen MR) is 127 cm³/mol. The van der Waals surface area contributed by atoms with Crippen LogP contribution in [0.2, 0.25) is 0 Å². The van der Waals surface area contributed by atoms with Crippen LogP contribution in [0.25, 0.3) is 0 Å². The monoisotopic (exact) mass is 445 g/mol. The van der Waals surface area contributed by atoms with Crippen molar-refractivity contribution in [3.63, 3.8) is 0 Å². The summed E-state index contributed by atoms with van der Waals surface area (Å²) in [6, 6.07) is 12.0. The number of carbonyl (C=O) groups is 2. The molecule has 2 heterocycles. The van der Waals surface area contributed by atoms with Crippen molar-refractivity contribution in [2.45, 2.75) is 52.0 Å². The molecule has 4 rings (SSSR count). The smallest absolute Gasteiger partial charge is 0.312 e. The van der Waals surface area contributed by atoms with Crippen molar-refractivity contribution in [1.82, 2.24) is 15.2 Å². The molecule has 2 aromatic rings. The summed E-state index contributed by atoms with van der Waals surface area (Å²) < 4.78 is 0. The number of aromatic nitrogens is 1. The fourth-order valence-electron chi connectivity index (χ4n) is 4.78. The predicted octanol–water partition coefficient (Wildman–Crippen LogP) is 2.92. The fraction of sp³-hybridized carbons (Fsp3) is 0.462. The molecule has 2 amide bonds. The summed E-state index contributed by atoms with van der Waals surface area (Å²) in [7, 11) is 0. The van der Waals surface area contributed by atoms with Crippen LogP contribution in [-0.4, -0.2) is 47.9 Å². The van der Waals surface area contributed by atoms with E-state index in [1.54, 1.807) is 4.90 Å². The number of hydrogen-bond donors (Lipinski definition) is 1. The fourth-order valence-corrected chi connectivity index (χ4v) is 4.78. The Balaban J connectivity index is 1.44. The van der Waals surface area contributed by atoms with Crippen LogP contribution in [0.1, 0.15) is 60.6 Å². The van der Waals surface area contributed by atoms with Gasteiger partial charge in [-0.2, -0.15) is 5.26 Å². The largest absolute Gasteiger partial charge is 0.352 e. The van der Waals surface area contributed by atoms with Gasteiger partial charge in [-0.3, -0.25) is 9.59 Å². The third-order valence-electron chi connectivity index (χ3n) is 6.54. The maximum absolute atomic E-state index is 12.6. The number of nitrogens with zero attached hydrogens (tertiary/aromatic N) is 4. The first-order chi connectivity index (χ1) is 16.0. The van der Waals surface area contributed by atoms with Gasteiger partial charge in [-0.25, -0.2) is 4.98 Å². The third-order valence-corrected chi connectivity index (χ3v) is 6.54. The van der Waals surface area contributed by atoms with E-state index in [0.29, 0.717) is 44.2 Å². The molecular formula is C26H31N5O2. The Hall–Kier alpha value is -3.40. The van der Waals surface area contributed by atoms with Crippen LogP contribution in [0.15, 0.2) is 30.3 Å². The van der Waals surface area contributed by atoms with Gasteiger partial charge in [0, 0.05) is 38.4 Å². The van der Waals surface area contributed by atoms with Crippen molar-refractivity contribution >= 4 is 17.6 Å². The van der Waals surface area contributed by atoms with Gasteiger partial charge < -0.3 is 15.1 Å². The Morgan fingerprint density at radius 3 is 2.36 bits per heavy atom. The van der Waals surface area contributed by atoms with Crippen molar-refractivity contribution in [2.75, 3.05) is 31.1 Å². The van der Waals surface area contributed by atoms with Crippen LogP contribution in [0.5, 0.6) is 0 Å². The number of anilines is 1. The van der Waals surface area contributed by atoms with E-state index in [0.717, 1.165) is 48.3 Å². The Kier molecular flexibility index (Phi) is 6.93. The number of rotatable bonds is 4. The van der Waals surface area contributed by atoms with Gasteiger partial charge in [0.1, 0.15) is 11.9 Å². The number of benzene rings is 1. The number of fused-ring (bicyclic) bond motifs is 1. The van der Waals surface area contributed by atoms with Crippen molar-refractivity contribution < 1.29 is 9.59 Å². The number of amides is 2. The number of pyridine rings is 1. The molecule has 0 radical (unpaired) electrons. The maximum Gasteiger partial charge on any atom is 0.312 e. The lowest BCUT2D eigenvalue weighted by Crippen LogP contribution is -2.53. The Bertz CT molecular complexity index is 1070. The van der Waals surface area contributed by atoms with E-state index in [-0.39, 0.29) is 0 Å². The highest BCUT2D eigenvalue weighted by Crippen LogP contribution is 2.35. The van der Waals surface area contributed by atoms with Crippen molar-refractivity contribution in [1.29, 1.82) is 5.26 Å². The molecule has 1 aromatic heterocycles. The summed E-state index contributed by atoms with van der Waals surface area (Å²) in [5.74, 6) is -0.0617. The molecule has 0 atom stereocenters. The molecule has 7 nitrogen and oxygen atoms in total. The zero-order chi connectivity index (χ0) is 23.4. The number of piperazine rings is 1. The van der Waals surface area contributed by atoms with Crippen LogP contribution in [0.4, 0.5) is 5.82 Å². The molecule has 0 spiro atoms. The standard InChI is InChI=1S/C26H31N5O2/c1-18(2)23-21-11-7-6-10-20(21)22(16-27)24(29-23)30-12-14-31(15-13-30)26(33)25(32)28-17-19-8-4-3-5-9-19/h3-5,8-9,18H,6-7,10-15,17H2,1-2H3,(H,28,32). The van der Waals surface area contributed by atoms with Gasteiger partial charge in [-0.1, -0.05) is 44.2 Å². The highest BCUT2D eigenvalue weighted by Gasteiger charge is 2.30. The van der Waals surface area contributed by atoms with Crippen LogP contribution < -0.4 is 10.2 Å². The highest BCUT2D eigenvalue weighted by molar-refractivity contribution is 6.35. The first kappa shape index (κ1) is 22.8. The Labute approximate surface area is 195 Å². The van der Waals surface area contributed by atoms with Gasteiger partial charge in [0.15, 0.2) is 0 Å². The van der Waals surface area contributed by atoms with Crippen molar-refractivity contribution in [3.8, 4) is 6.07 Å². The summed E-state index contributed by atoms with van der Waals surface area (Å²) in [6.07, 6.45) is 4.16. The molecule has 172 valence electrons. The molecule has 33 heavy (non-hydrogen) atoms. The van der Waals surface area contributed by atoms with Gasteiger partial charge in [0.05, 0.1) is 5.56 Å². The molecule has 1 aliphatic heterocycles. The quantitative estimate of drug-likeness (QED) is 0.731. The van der Waals surface area contributed by atoms with Crippen LogP contribution in [-0.2, 0) is 29.0 Å². The van der Waals surface area contributed by atoms with Gasteiger partial charge in [-0.15, -0.1) is 0 Å². The van der Waals surface area contributed by atoms with E-state index in [4.69, 9.17) is 4.98 Å². The van der Waals surface area contributed by atoms with Gasteiger partial charge >= 0.3 is 11.8 Å². The Morgan fingerprint density at radius 1 is 1.06 bits per heavy atom. The zero-order valence-electron chi connectivity index (χ0n) is 19.4. The lowest BCUT2D eigenvalue weighted by Gasteiger charge is -2.36. The van der Waals surface area contributed by atoms with Gasteiger partial charge in [0.2, 0.25) is 0 Å². The second-order valence-electron chi connectivity index (χ2n) is 9.07. The second kappa shape index (κ2) is 10.0. The average Bonchev–Trinajstić information content (AvgIpc) is 2.86. The molecule has 1 aromatic carbocycles. The number of hydrogen-bond acceptors (Lipinski definition) is 5. The minimum atomic E-state index is -0.584. The van der Waals surface area contributed by atoms with E-state index >= 15 is 0 Å². The van der Waals surface area contributed by atoms with E-state index in [1.165, 1.54) is 5.56 Å². The molecule has 1 N–H and O–H groups in total. The normalized spacial score (nSPS) is 15.7. The SMILES string of the molecule is CC(C)c1nc(N2CCN(C(=O)C(=O)NCc3ccccc3)CC2)c(C#N)c2c1CCCC2.